The topological polar surface area (TPSA) is 131 Å². The molecule has 3 N–H and O–H groups in total. The Kier molecular flexibility index (Phi) is 8.72. The van der Waals surface area contributed by atoms with Crippen LogP contribution in [-0.2, 0) is 30.9 Å². The van der Waals surface area contributed by atoms with Crippen molar-refractivity contribution in [1.82, 2.24) is 15.4 Å². The molecule has 0 saturated carbocycles. The van der Waals surface area contributed by atoms with Gasteiger partial charge in [0, 0.05) is 4.88 Å². The monoisotopic (exact) mass is 467 g/mol. The summed E-state index contributed by atoms with van der Waals surface area (Å²) in [5.41, 5.74) is 0.893. The van der Waals surface area contributed by atoms with Crippen LogP contribution < -0.4 is 15.4 Å². The molecule has 1 aromatic heterocycles. The number of benzene rings is 1. The van der Waals surface area contributed by atoms with Gasteiger partial charge in [-0.1, -0.05) is 37.6 Å². The lowest BCUT2D eigenvalue weighted by molar-refractivity contribution is -0.150. The second kappa shape index (κ2) is 11.0. The molecule has 0 aliphatic rings. The van der Waals surface area contributed by atoms with Gasteiger partial charge in [0.2, 0.25) is 10.0 Å². The molecular weight excluding hydrogens is 442 g/mol. The number of esters is 1. The Bertz CT molecular complexity index is 1000. The number of rotatable bonds is 9. The number of thiophene rings is 1. The Labute approximate surface area is 185 Å². The quantitative estimate of drug-likeness (QED) is 0.483. The SMILES string of the molecule is Cc1ccc(S(=O)(=O)N[C@H](C(=O)OCC(=O)NC(=O)NCc2cccs2)C(C)C)cc1. The van der Waals surface area contributed by atoms with Gasteiger partial charge in [0.15, 0.2) is 6.61 Å². The van der Waals surface area contributed by atoms with Crippen LogP contribution in [-0.4, -0.2) is 39.0 Å². The Balaban J connectivity index is 1.87. The van der Waals surface area contributed by atoms with E-state index in [-0.39, 0.29) is 11.4 Å². The van der Waals surface area contributed by atoms with Crippen molar-refractivity contribution in [2.75, 3.05) is 6.61 Å². The first-order valence-corrected chi connectivity index (χ1v) is 11.8. The van der Waals surface area contributed by atoms with Crippen molar-refractivity contribution in [1.29, 1.82) is 0 Å². The van der Waals surface area contributed by atoms with E-state index in [2.05, 4.69) is 10.0 Å². The van der Waals surface area contributed by atoms with Crippen LogP contribution in [0.25, 0.3) is 0 Å². The van der Waals surface area contributed by atoms with Gasteiger partial charge < -0.3 is 10.1 Å². The van der Waals surface area contributed by atoms with E-state index < -0.39 is 46.5 Å². The van der Waals surface area contributed by atoms with Crippen LogP contribution in [0.5, 0.6) is 0 Å². The number of urea groups is 1. The minimum Gasteiger partial charge on any atom is -0.454 e. The maximum atomic E-state index is 12.6. The van der Waals surface area contributed by atoms with Gasteiger partial charge in [-0.25, -0.2) is 13.2 Å². The molecule has 0 aliphatic carbocycles. The lowest BCUT2D eigenvalue weighted by Crippen LogP contribution is -2.46. The predicted octanol–water partition coefficient (Wildman–Crippen LogP) is 1.93. The summed E-state index contributed by atoms with van der Waals surface area (Å²) < 4.78 is 32.4. The van der Waals surface area contributed by atoms with E-state index in [1.807, 2.05) is 29.8 Å². The normalized spacial score (nSPS) is 12.3. The number of carbonyl (C=O) groups excluding carboxylic acids is 3. The number of carbonyl (C=O) groups is 3. The number of aryl methyl sites for hydroxylation is 1. The first-order chi connectivity index (χ1) is 14.6. The zero-order chi connectivity index (χ0) is 23.0. The average Bonchev–Trinajstić information content (AvgIpc) is 3.22. The van der Waals surface area contributed by atoms with Crippen LogP contribution in [0, 0.1) is 12.8 Å². The summed E-state index contributed by atoms with van der Waals surface area (Å²) >= 11 is 1.45. The highest BCUT2D eigenvalue weighted by Crippen LogP contribution is 2.14. The van der Waals surface area contributed by atoms with Crippen molar-refractivity contribution >= 4 is 39.3 Å². The van der Waals surface area contributed by atoms with Crippen LogP contribution >= 0.6 is 11.3 Å². The number of imide groups is 1. The number of amides is 3. The molecule has 1 aromatic carbocycles. The highest BCUT2D eigenvalue weighted by atomic mass is 32.2. The minimum absolute atomic E-state index is 0.0108. The van der Waals surface area contributed by atoms with Gasteiger partial charge in [-0.2, -0.15) is 4.72 Å². The molecule has 0 unspecified atom stereocenters. The van der Waals surface area contributed by atoms with Crippen molar-refractivity contribution in [2.45, 2.75) is 38.3 Å². The molecule has 0 saturated heterocycles. The van der Waals surface area contributed by atoms with Crippen LogP contribution in [0.4, 0.5) is 4.79 Å². The Morgan fingerprint density at radius 1 is 1.10 bits per heavy atom. The lowest BCUT2D eigenvalue weighted by atomic mass is 10.1. The van der Waals surface area contributed by atoms with Crippen molar-refractivity contribution in [2.24, 2.45) is 5.92 Å². The summed E-state index contributed by atoms with van der Waals surface area (Å²) in [6.45, 7) is 4.64. The Morgan fingerprint density at radius 3 is 2.35 bits per heavy atom. The number of nitrogens with one attached hydrogen (secondary N) is 3. The molecule has 11 heteroatoms. The molecule has 3 amide bonds. The van der Waals surface area contributed by atoms with E-state index in [9.17, 15) is 22.8 Å². The average molecular weight is 468 g/mol. The molecule has 0 fully saturated rings. The summed E-state index contributed by atoms with van der Waals surface area (Å²) in [4.78, 5) is 36.9. The zero-order valence-corrected chi connectivity index (χ0v) is 19.0. The molecule has 2 aromatic rings. The first-order valence-electron chi connectivity index (χ1n) is 9.44. The van der Waals surface area contributed by atoms with Gasteiger partial charge in [0.05, 0.1) is 11.4 Å². The van der Waals surface area contributed by atoms with Crippen LogP contribution in [0.15, 0.2) is 46.7 Å². The van der Waals surface area contributed by atoms with E-state index in [4.69, 9.17) is 4.74 Å². The zero-order valence-electron chi connectivity index (χ0n) is 17.4. The highest BCUT2D eigenvalue weighted by Gasteiger charge is 2.30. The molecule has 1 heterocycles. The number of hydrogen-bond donors (Lipinski definition) is 3. The summed E-state index contributed by atoms with van der Waals surface area (Å²) in [5, 5.41) is 6.41. The number of sulfonamides is 1. The maximum Gasteiger partial charge on any atom is 0.324 e. The van der Waals surface area contributed by atoms with E-state index >= 15 is 0 Å². The van der Waals surface area contributed by atoms with Gasteiger partial charge in [-0.3, -0.25) is 14.9 Å². The summed E-state index contributed by atoms with van der Waals surface area (Å²) in [6.07, 6.45) is 0. The second-order valence-electron chi connectivity index (χ2n) is 7.07. The maximum absolute atomic E-state index is 12.6. The van der Waals surface area contributed by atoms with E-state index in [1.54, 1.807) is 26.0 Å². The van der Waals surface area contributed by atoms with Crippen LogP contribution in [0.3, 0.4) is 0 Å². The van der Waals surface area contributed by atoms with Gasteiger partial charge in [-0.05, 0) is 36.4 Å². The Morgan fingerprint density at radius 2 is 1.77 bits per heavy atom. The van der Waals surface area contributed by atoms with Gasteiger partial charge in [0.25, 0.3) is 5.91 Å². The molecule has 0 spiro atoms. The van der Waals surface area contributed by atoms with Crippen molar-refractivity contribution in [3.8, 4) is 0 Å². The van der Waals surface area contributed by atoms with E-state index in [1.165, 1.54) is 23.5 Å². The van der Waals surface area contributed by atoms with E-state index in [0.717, 1.165) is 10.4 Å². The molecule has 2 rings (SSSR count). The molecule has 0 bridgehead atoms. The molecule has 1 atom stereocenters. The summed E-state index contributed by atoms with van der Waals surface area (Å²) in [6, 6.07) is 7.89. The van der Waals surface area contributed by atoms with Crippen LogP contribution in [0.2, 0.25) is 0 Å². The largest absolute Gasteiger partial charge is 0.454 e. The van der Waals surface area contributed by atoms with Crippen molar-refractivity contribution < 1.29 is 27.5 Å². The van der Waals surface area contributed by atoms with Gasteiger partial charge in [-0.15, -0.1) is 11.3 Å². The Hall–Kier alpha value is -2.76. The molecule has 9 nitrogen and oxygen atoms in total. The molecule has 31 heavy (non-hydrogen) atoms. The molecule has 0 aliphatic heterocycles. The van der Waals surface area contributed by atoms with Gasteiger partial charge in [0.1, 0.15) is 6.04 Å². The smallest absolute Gasteiger partial charge is 0.324 e. The summed E-state index contributed by atoms with van der Waals surface area (Å²) in [5.74, 6) is -2.19. The van der Waals surface area contributed by atoms with E-state index in [0.29, 0.717) is 0 Å². The molecular formula is C20H25N3O6S2. The lowest BCUT2D eigenvalue weighted by Gasteiger charge is -2.20. The van der Waals surface area contributed by atoms with Crippen molar-refractivity contribution in [3.05, 3.63) is 52.2 Å². The fourth-order valence-electron chi connectivity index (χ4n) is 2.42. The summed E-state index contributed by atoms with van der Waals surface area (Å²) in [7, 11) is -3.97. The first kappa shape index (κ1) is 24.5. The predicted molar refractivity (Wildman–Crippen MR) is 116 cm³/mol. The fraction of sp³-hybridized carbons (Fsp3) is 0.350. The standard InChI is InChI=1S/C20H25N3O6S2/c1-13(2)18(23-31(27,28)16-8-6-14(3)7-9-16)19(25)29-12-17(24)22-20(26)21-11-15-5-4-10-30-15/h4-10,13,18,23H,11-12H2,1-3H3,(H2,21,22,24,26)/t18-/m0/s1. The van der Waals surface area contributed by atoms with Gasteiger partial charge >= 0.3 is 12.0 Å². The third-order valence-corrected chi connectivity index (χ3v) is 6.47. The van der Waals surface area contributed by atoms with Crippen molar-refractivity contribution in [3.63, 3.8) is 0 Å². The molecule has 168 valence electrons. The third kappa shape index (κ3) is 7.78. The minimum atomic E-state index is -3.97. The number of hydrogen-bond acceptors (Lipinski definition) is 7. The second-order valence-corrected chi connectivity index (χ2v) is 9.82. The fourth-order valence-corrected chi connectivity index (χ4v) is 4.40. The third-order valence-electron chi connectivity index (χ3n) is 4.14. The number of ether oxygens (including phenoxy) is 1. The van der Waals surface area contributed by atoms with Crippen LogP contribution in [0.1, 0.15) is 24.3 Å². The molecule has 0 radical (unpaired) electrons. The highest BCUT2D eigenvalue weighted by molar-refractivity contribution is 7.89.